The van der Waals surface area contributed by atoms with Gasteiger partial charge in [-0.3, -0.25) is 0 Å². The van der Waals surface area contributed by atoms with Gasteiger partial charge >= 0.3 is 6.09 Å². The average molecular weight is 272 g/mol. The lowest BCUT2D eigenvalue weighted by atomic mass is 10.1. The van der Waals surface area contributed by atoms with Crippen LogP contribution >= 0.6 is 0 Å². The minimum Gasteiger partial charge on any atom is -0.465 e. The third-order valence-corrected chi connectivity index (χ3v) is 2.64. The molecule has 0 aliphatic heterocycles. The number of aromatic nitrogens is 1. The van der Waals surface area contributed by atoms with Gasteiger partial charge in [-0.05, 0) is 22.8 Å². The van der Waals surface area contributed by atoms with Gasteiger partial charge in [0, 0.05) is 18.8 Å². The van der Waals surface area contributed by atoms with Crippen molar-refractivity contribution in [1.29, 1.82) is 0 Å². The van der Waals surface area contributed by atoms with E-state index in [1.807, 2.05) is 30.3 Å². The van der Waals surface area contributed by atoms with Crippen molar-refractivity contribution in [1.82, 2.24) is 10.3 Å². The fourth-order valence-corrected chi connectivity index (χ4v) is 1.64. The van der Waals surface area contributed by atoms with Gasteiger partial charge in [0.2, 0.25) is 5.95 Å². The number of amides is 1. The minimum absolute atomic E-state index is 0.273. The molecule has 0 aliphatic rings. The summed E-state index contributed by atoms with van der Waals surface area (Å²) in [4.78, 5) is 13.9. The van der Waals surface area contributed by atoms with Crippen LogP contribution in [0.4, 0.5) is 9.18 Å². The first-order chi connectivity index (χ1) is 9.63. The number of carboxylic acid groups (broad SMARTS) is 1. The van der Waals surface area contributed by atoms with Crippen LogP contribution in [0, 0.1) is 5.95 Å². The number of pyridine rings is 1. The van der Waals surface area contributed by atoms with E-state index < -0.39 is 12.0 Å². The molecule has 2 aromatic rings. The molecule has 5 heteroatoms. The smallest absolute Gasteiger partial charge is 0.404 e. The third kappa shape index (κ3) is 4.20. The Labute approximate surface area is 115 Å². The quantitative estimate of drug-likeness (QED) is 0.840. The number of rotatable bonds is 4. The third-order valence-electron chi connectivity index (χ3n) is 2.64. The van der Waals surface area contributed by atoms with E-state index in [0.29, 0.717) is 0 Å². The predicted molar refractivity (Wildman–Crippen MR) is 74.4 cm³/mol. The molecule has 1 amide bonds. The van der Waals surface area contributed by atoms with Crippen LogP contribution in [-0.2, 0) is 6.54 Å². The average Bonchev–Trinajstić information content (AvgIpc) is 2.44. The van der Waals surface area contributed by atoms with E-state index in [9.17, 15) is 9.18 Å². The normalized spacial score (nSPS) is 10.7. The summed E-state index contributed by atoms with van der Waals surface area (Å²) in [7, 11) is 0. The maximum atomic E-state index is 12.9. The summed E-state index contributed by atoms with van der Waals surface area (Å²) in [5.41, 5.74) is 2.55. The zero-order chi connectivity index (χ0) is 14.4. The Bertz CT molecular complexity index is 624. The monoisotopic (exact) mass is 272 g/mol. The highest BCUT2D eigenvalue weighted by atomic mass is 19.1. The second kappa shape index (κ2) is 6.47. The summed E-state index contributed by atoms with van der Waals surface area (Å²) in [5.74, 6) is -0.512. The van der Waals surface area contributed by atoms with Gasteiger partial charge < -0.3 is 10.4 Å². The molecule has 2 rings (SSSR count). The maximum Gasteiger partial charge on any atom is 0.404 e. The molecule has 0 atom stereocenters. The van der Waals surface area contributed by atoms with Crippen molar-refractivity contribution in [3.05, 3.63) is 65.2 Å². The number of nitrogens with one attached hydrogen (secondary N) is 1. The number of hydrogen-bond donors (Lipinski definition) is 2. The Kier molecular flexibility index (Phi) is 4.44. The molecule has 0 fully saturated rings. The molecule has 0 aliphatic carbocycles. The number of hydrogen-bond acceptors (Lipinski definition) is 2. The number of benzene rings is 1. The number of carbonyl (C=O) groups is 1. The highest BCUT2D eigenvalue weighted by Crippen LogP contribution is 2.10. The Morgan fingerprint density at radius 3 is 2.55 bits per heavy atom. The zero-order valence-electron chi connectivity index (χ0n) is 10.6. The molecule has 1 aromatic carbocycles. The second-order valence-corrected chi connectivity index (χ2v) is 4.15. The minimum atomic E-state index is -1.05. The first kappa shape index (κ1) is 13.7. The number of nitrogens with zero attached hydrogens (tertiary/aromatic N) is 1. The van der Waals surface area contributed by atoms with Crippen molar-refractivity contribution >= 4 is 18.2 Å². The van der Waals surface area contributed by atoms with Crippen LogP contribution in [-0.4, -0.2) is 16.2 Å². The van der Waals surface area contributed by atoms with Gasteiger partial charge in [0.05, 0.1) is 0 Å². The lowest BCUT2D eigenvalue weighted by Crippen LogP contribution is -2.19. The van der Waals surface area contributed by atoms with E-state index in [0.717, 1.165) is 16.7 Å². The van der Waals surface area contributed by atoms with Crippen LogP contribution in [0.1, 0.15) is 16.7 Å². The molecule has 1 aromatic heterocycles. The molecular formula is C15H13FN2O2. The van der Waals surface area contributed by atoms with Gasteiger partial charge in [-0.25, -0.2) is 9.78 Å². The summed E-state index contributed by atoms with van der Waals surface area (Å²) in [6.07, 6.45) is 4.00. The van der Waals surface area contributed by atoms with E-state index in [2.05, 4.69) is 10.3 Å². The SMILES string of the molecule is O=C(O)NCc1ccc(C=Cc2ccnc(F)c2)cc1. The number of halogens is 1. The standard InChI is InChI=1S/C15H13FN2O2/c16-14-9-12(7-8-17-14)4-1-11-2-5-13(6-3-11)10-18-15(19)20/h1-9,18H,10H2,(H,19,20). The van der Waals surface area contributed by atoms with Crippen molar-refractivity contribution in [3.63, 3.8) is 0 Å². The molecule has 0 spiro atoms. The van der Waals surface area contributed by atoms with Crippen LogP contribution in [0.15, 0.2) is 42.6 Å². The molecule has 2 N–H and O–H groups in total. The largest absolute Gasteiger partial charge is 0.465 e. The van der Waals surface area contributed by atoms with E-state index in [1.54, 1.807) is 12.1 Å². The molecule has 1 heterocycles. The van der Waals surface area contributed by atoms with Gasteiger partial charge in [0.1, 0.15) is 0 Å². The summed E-state index contributed by atoms with van der Waals surface area (Å²) < 4.78 is 12.9. The van der Waals surface area contributed by atoms with Crippen molar-refractivity contribution in [2.24, 2.45) is 0 Å². The molecule has 4 nitrogen and oxygen atoms in total. The predicted octanol–water partition coefficient (Wildman–Crippen LogP) is 3.16. The van der Waals surface area contributed by atoms with Crippen LogP contribution in [0.2, 0.25) is 0 Å². The van der Waals surface area contributed by atoms with Crippen LogP contribution in [0.25, 0.3) is 12.2 Å². The Morgan fingerprint density at radius 1 is 1.20 bits per heavy atom. The van der Waals surface area contributed by atoms with Crippen LogP contribution < -0.4 is 5.32 Å². The first-order valence-corrected chi connectivity index (χ1v) is 5.99. The summed E-state index contributed by atoms with van der Waals surface area (Å²) >= 11 is 0. The van der Waals surface area contributed by atoms with Crippen molar-refractivity contribution in [3.8, 4) is 0 Å². The van der Waals surface area contributed by atoms with Gasteiger partial charge in [-0.1, -0.05) is 36.4 Å². The lowest BCUT2D eigenvalue weighted by Gasteiger charge is -2.01. The molecule has 0 saturated carbocycles. The van der Waals surface area contributed by atoms with Crippen LogP contribution in [0.5, 0.6) is 0 Å². The first-order valence-electron chi connectivity index (χ1n) is 5.99. The van der Waals surface area contributed by atoms with Crippen LogP contribution in [0.3, 0.4) is 0 Å². The van der Waals surface area contributed by atoms with E-state index >= 15 is 0 Å². The molecule has 0 unspecified atom stereocenters. The van der Waals surface area contributed by atoms with Crippen molar-refractivity contribution < 1.29 is 14.3 Å². The summed E-state index contributed by atoms with van der Waals surface area (Å²) in [6.45, 7) is 0.273. The zero-order valence-corrected chi connectivity index (χ0v) is 10.6. The molecule has 102 valence electrons. The molecule has 0 radical (unpaired) electrons. The van der Waals surface area contributed by atoms with E-state index in [1.165, 1.54) is 12.3 Å². The van der Waals surface area contributed by atoms with Gasteiger partial charge in [0.25, 0.3) is 0 Å². The highest BCUT2D eigenvalue weighted by molar-refractivity contribution is 5.69. The lowest BCUT2D eigenvalue weighted by molar-refractivity contribution is 0.194. The Morgan fingerprint density at radius 2 is 1.90 bits per heavy atom. The van der Waals surface area contributed by atoms with E-state index in [4.69, 9.17) is 5.11 Å². The van der Waals surface area contributed by atoms with Gasteiger partial charge in [-0.2, -0.15) is 4.39 Å². The van der Waals surface area contributed by atoms with Crippen molar-refractivity contribution in [2.75, 3.05) is 0 Å². The Hall–Kier alpha value is -2.69. The summed E-state index contributed by atoms with van der Waals surface area (Å²) in [5, 5.41) is 10.8. The Balaban J connectivity index is 2.01. The summed E-state index contributed by atoms with van der Waals surface area (Å²) in [6, 6.07) is 10.5. The second-order valence-electron chi connectivity index (χ2n) is 4.15. The topological polar surface area (TPSA) is 62.2 Å². The fraction of sp³-hybridized carbons (Fsp3) is 0.0667. The maximum absolute atomic E-state index is 12.9. The molecule has 0 bridgehead atoms. The highest BCUT2D eigenvalue weighted by Gasteiger charge is 1.96. The molecule has 20 heavy (non-hydrogen) atoms. The molecule has 0 saturated heterocycles. The van der Waals surface area contributed by atoms with E-state index in [-0.39, 0.29) is 6.54 Å². The fourth-order valence-electron chi connectivity index (χ4n) is 1.64. The van der Waals surface area contributed by atoms with Gasteiger partial charge in [0.15, 0.2) is 0 Å². The van der Waals surface area contributed by atoms with Crippen molar-refractivity contribution in [2.45, 2.75) is 6.54 Å². The molecular weight excluding hydrogens is 259 g/mol. The van der Waals surface area contributed by atoms with Gasteiger partial charge in [-0.15, -0.1) is 0 Å².